The minimum absolute atomic E-state index is 0.0702. The lowest BCUT2D eigenvalue weighted by Crippen LogP contribution is -2.26. The van der Waals surface area contributed by atoms with Crippen molar-refractivity contribution in [2.24, 2.45) is 5.73 Å². The zero-order chi connectivity index (χ0) is 17.6. The number of benzene rings is 2. The number of hydrogen-bond acceptors (Lipinski definition) is 3. The minimum Gasteiger partial charge on any atom is -0.346 e. The van der Waals surface area contributed by atoms with Crippen LogP contribution < -0.4 is 11.1 Å². The standard InChI is InChI=1S/C21H21N3O/c1-15(17-4-2-16(14-22)3-5-17)24-21(25)20-8-6-18(7-9-20)19-10-12-23-13-11-19/h2-13,15H,14,22H2,1H3,(H,24,25)/t15-/m1/s1. The second-order valence-electron chi connectivity index (χ2n) is 5.95. The van der Waals surface area contributed by atoms with Crippen molar-refractivity contribution >= 4 is 5.91 Å². The second kappa shape index (κ2) is 7.73. The molecule has 3 aromatic rings. The zero-order valence-corrected chi connectivity index (χ0v) is 14.1. The Morgan fingerprint density at radius 1 is 0.960 bits per heavy atom. The van der Waals surface area contributed by atoms with Gasteiger partial charge in [-0.15, -0.1) is 0 Å². The fraction of sp³-hybridized carbons (Fsp3) is 0.143. The molecule has 25 heavy (non-hydrogen) atoms. The molecule has 0 bridgehead atoms. The third-order valence-electron chi connectivity index (χ3n) is 4.22. The summed E-state index contributed by atoms with van der Waals surface area (Å²) in [5.74, 6) is -0.0864. The van der Waals surface area contributed by atoms with Gasteiger partial charge in [0.2, 0.25) is 0 Å². The Balaban J connectivity index is 1.68. The molecule has 0 saturated carbocycles. The van der Waals surface area contributed by atoms with E-state index in [1.54, 1.807) is 12.4 Å². The van der Waals surface area contributed by atoms with Crippen LogP contribution in [0.4, 0.5) is 0 Å². The Morgan fingerprint density at radius 2 is 1.56 bits per heavy atom. The Bertz CT molecular complexity index is 827. The number of nitrogens with zero attached hydrogens (tertiary/aromatic N) is 1. The molecule has 0 unspecified atom stereocenters. The van der Waals surface area contributed by atoms with Crippen molar-refractivity contribution in [1.82, 2.24) is 10.3 Å². The number of amides is 1. The fourth-order valence-corrected chi connectivity index (χ4v) is 2.66. The lowest BCUT2D eigenvalue weighted by atomic mass is 10.0. The van der Waals surface area contributed by atoms with Gasteiger partial charge in [0.1, 0.15) is 0 Å². The van der Waals surface area contributed by atoms with Crippen LogP contribution in [-0.2, 0) is 6.54 Å². The van der Waals surface area contributed by atoms with E-state index in [0.717, 1.165) is 22.3 Å². The number of aromatic nitrogens is 1. The molecule has 126 valence electrons. The van der Waals surface area contributed by atoms with E-state index in [4.69, 9.17) is 5.73 Å². The second-order valence-corrected chi connectivity index (χ2v) is 5.95. The molecule has 1 heterocycles. The van der Waals surface area contributed by atoms with E-state index in [9.17, 15) is 4.79 Å². The van der Waals surface area contributed by atoms with Crippen LogP contribution in [0.2, 0.25) is 0 Å². The summed E-state index contributed by atoms with van der Waals surface area (Å²) in [6.45, 7) is 2.49. The van der Waals surface area contributed by atoms with Crippen LogP contribution in [0.25, 0.3) is 11.1 Å². The van der Waals surface area contributed by atoms with E-state index in [0.29, 0.717) is 12.1 Å². The number of carbonyl (C=O) groups is 1. The highest BCUT2D eigenvalue weighted by atomic mass is 16.1. The molecule has 3 rings (SSSR count). The molecule has 0 aliphatic carbocycles. The van der Waals surface area contributed by atoms with Crippen LogP contribution >= 0.6 is 0 Å². The van der Waals surface area contributed by atoms with Gasteiger partial charge in [0.05, 0.1) is 6.04 Å². The summed E-state index contributed by atoms with van der Waals surface area (Å²) in [4.78, 5) is 16.5. The van der Waals surface area contributed by atoms with Gasteiger partial charge in [0.25, 0.3) is 5.91 Å². The van der Waals surface area contributed by atoms with E-state index >= 15 is 0 Å². The third kappa shape index (κ3) is 4.11. The molecule has 0 radical (unpaired) electrons. The molecule has 0 spiro atoms. The predicted octanol–water partition coefficient (Wildman–Crippen LogP) is 3.70. The quantitative estimate of drug-likeness (QED) is 0.749. The maximum absolute atomic E-state index is 12.5. The zero-order valence-electron chi connectivity index (χ0n) is 14.1. The van der Waals surface area contributed by atoms with Crippen LogP contribution in [0, 0.1) is 0 Å². The third-order valence-corrected chi connectivity index (χ3v) is 4.22. The lowest BCUT2D eigenvalue weighted by molar-refractivity contribution is 0.0940. The summed E-state index contributed by atoms with van der Waals surface area (Å²) in [6.07, 6.45) is 3.52. The molecule has 2 aromatic carbocycles. The summed E-state index contributed by atoms with van der Waals surface area (Å²) in [6, 6.07) is 19.4. The summed E-state index contributed by atoms with van der Waals surface area (Å²) in [7, 11) is 0. The average Bonchev–Trinajstić information content (AvgIpc) is 2.68. The molecule has 1 atom stereocenters. The van der Waals surface area contributed by atoms with E-state index in [-0.39, 0.29) is 11.9 Å². The Labute approximate surface area is 147 Å². The summed E-state index contributed by atoms with van der Waals surface area (Å²) in [5.41, 5.74) is 10.5. The normalized spacial score (nSPS) is 11.8. The highest BCUT2D eigenvalue weighted by Gasteiger charge is 2.11. The Kier molecular flexibility index (Phi) is 5.21. The first-order valence-corrected chi connectivity index (χ1v) is 8.27. The van der Waals surface area contributed by atoms with Crippen LogP contribution in [-0.4, -0.2) is 10.9 Å². The van der Waals surface area contributed by atoms with Crippen molar-refractivity contribution in [2.45, 2.75) is 19.5 Å². The van der Waals surface area contributed by atoms with Gasteiger partial charge in [0.15, 0.2) is 0 Å². The number of rotatable bonds is 5. The maximum Gasteiger partial charge on any atom is 0.251 e. The van der Waals surface area contributed by atoms with Gasteiger partial charge in [-0.05, 0) is 53.4 Å². The number of nitrogens with one attached hydrogen (secondary N) is 1. The van der Waals surface area contributed by atoms with Crippen molar-refractivity contribution in [3.8, 4) is 11.1 Å². The van der Waals surface area contributed by atoms with Crippen LogP contribution in [0.3, 0.4) is 0 Å². The van der Waals surface area contributed by atoms with Gasteiger partial charge >= 0.3 is 0 Å². The van der Waals surface area contributed by atoms with Crippen molar-refractivity contribution in [3.05, 3.63) is 89.7 Å². The SMILES string of the molecule is C[C@@H](NC(=O)c1ccc(-c2ccncc2)cc1)c1ccc(CN)cc1. The first-order valence-electron chi connectivity index (χ1n) is 8.27. The highest BCUT2D eigenvalue weighted by molar-refractivity contribution is 5.94. The van der Waals surface area contributed by atoms with Crippen LogP contribution in [0.15, 0.2) is 73.1 Å². The van der Waals surface area contributed by atoms with Gasteiger partial charge in [-0.3, -0.25) is 9.78 Å². The van der Waals surface area contributed by atoms with Crippen LogP contribution in [0.5, 0.6) is 0 Å². The summed E-state index contributed by atoms with van der Waals surface area (Å²) >= 11 is 0. The van der Waals surface area contributed by atoms with E-state index < -0.39 is 0 Å². The number of nitrogens with two attached hydrogens (primary N) is 1. The number of pyridine rings is 1. The molecule has 0 saturated heterocycles. The number of carbonyl (C=O) groups excluding carboxylic acids is 1. The number of hydrogen-bond donors (Lipinski definition) is 2. The molecular weight excluding hydrogens is 310 g/mol. The maximum atomic E-state index is 12.5. The van der Waals surface area contributed by atoms with Crippen molar-refractivity contribution < 1.29 is 4.79 Å². The Morgan fingerprint density at radius 3 is 2.16 bits per heavy atom. The van der Waals surface area contributed by atoms with Gasteiger partial charge in [-0.1, -0.05) is 36.4 Å². The van der Waals surface area contributed by atoms with Crippen molar-refractivity contribution in [2.75, 3.05) is 0 Å². The highest BCUT2D eigenvalue weighted by Crippen LogP contribution is 2.19. The first-order chi connectivity index (χ1) is 12.2. The topological polar surface area (TPSA) is 68.0 Å². The molecular formula is C21H21N3O. The molecule has 3 N–H and O–H groups in total. The molecule has 4 nitrogen and oxygen atoms in total. The molecule has 0 aliphatic rings. The van der Waals surface area contributed by atoms with Crippen molar-refractivity contribution in [3.63, 3.8) is 0 Å². The molecule has 4 heteroatoms. The average molecular weight is 331 g/mol. The van der Waals surface area contributed by atoms with Crippen LogP contribution in [0.1, 0.15) is 34.5 Å². The Hall–Kier alpha value is -2.98. The monoisotopic (exact) mass is 331 g/mol. The molecule has 0 aliphatic heterocycles. The van der Waals surface area contributed by atoms with Gasteiger partial charge in [-0.2, -0.15) is 0 Å². The first kappa shape index (κ1) is 16.9. The molecule has 1 aromatic heterocycles. The minimum atomic E-state index is -0.0864. The largest absolute Gasteiger partial charge is 0.346 e. The van der Waals surface area contributed by atoms with Gasteiger partial charge in [0, 0.05) is 24.5 Å². The molecule has 0 fully saturated rings. The fourth-order valence-electron chi connectivity index (χ4n) is 2.66. The summed E-state index contributed by atoms with van der Waals surface area (Å²) in [5, 5.41) is 3.03. The van der Waals surface area contributed by atoms with E-state index in [2.05, 4.69) is 10.3 Å². The van der Waals surface area contributed by atoms with E-state index in [1.807, 2.05) is 67.6 Å². The molecule has 1 amide bonds. The van der Waals surface area contributed by atoms with Gasteiger partial charge in [-0.25, -0.2) is 0 Å². The smallest absolute Gasteiger partial charge is 0.251 e. The van der Waals surface area contributed by atoms with Crippen molar-refractivity contribution in [1.29, 1.82) is 0 Å². The summed E-state index contributed by atoms with van der Waals surface area (Å²) < 4.78 is 0. The predicted molar refractivity (Wildman–Crippen MR) is 99.9 cm³/mol. The van der Waals surface area contributed by atoms with Gasteiger partial charge < -0.3 is 11.1 Å². The van der Waals surface area contributed by atoms with E-state index in [1.165, 1.54) is 0 Å². The lowest BCUT2D eigenvalue weighted by Gasteiger charge is -2.15.